The molecule has 1 aromatic heterocycles. The minimum absolute atomic E-state index is 0. The van der Waals surface area contributed by atoms with E-state index in [4.69, 9.17) is 5.73 Å². The van der Waals surface area contributed by atoms with Crippen molar-refractivity contribution in [1.29, 1.82) is 0 Å². The molecule has 2 rings (SSSR count). The monoisotopic (exact) mass is 360 g/mol. The minimum Gasteiger partial charge on any atom is -0.320 e. The Hall–Kier alpha value is -0.690. The molecule has 1 amide bonds. The molecular weight excluding hydrogens is 332 g/mol. The summed E-state index contributed by atoms with van der Waals surface area (Å²) in [6, 6.07) is -0.472. The molecule has 1 aliphatic rings. The predicted molar refractivity (Wildman–Crippen MR) is 99.1 cm³/mol. The van der Waals surface area contributed by atoms with Gasteiger partial charge in [-0.3, -0.25) is 9.69 Å². The molecule has 1 saturated heterocycles. The van der Waals surface area contributed by atoms with Crippen LogP contribution in [0.1, 0.15) is 45.7 Å². The van der Waals surface area contributed by atoms with E-state index in [1.165, 1.54) is 24.2 Å². The van der Waals surface area contributed by atoms with Crippen LogP contribution >= 0.6 is 23.7 Å². The van der Waals surface area contributed by atoms with E-state index in [-0.39, 0.29) is 24.2 Å². The van der Waals surface area contributed by atoms with Crippen molar-refractivity contribution in [1.82, 2.24) is 9.88 Å². The fourth-order valence-electron chi connectivity index (χ4n) is 2.80. The number of amides is 1. The minimum atomic E-state index is -0.472. The van der Waals surface area contributed by atoms with Crippen LogP contribution in [0.3, 0.4) is 0 Å². The summed E-state index contributed by atoms with van der Waals surface area (Å²) in [7, 11) is 0. The van der Waals surface area contributed by atoms with Crippen molar-refractivity contribution in [2.75, 3.05) is 18.4 Å². The van der Waals surface area contributed by atoms with Crippen LogP contribution in [0.15, 0.2) is 5.38 Å². The molecule has 7 heteroatoms. The fourth-order valence-corrected chi connectivity index (χ4v) is 3.50. The molecule has 3 atom stereocenters. The van der Waals surface area contributed by atoms with E-state index in [2.05, 4.69) is 22.1 Å². The van der Waals surface area contributed by atoms with E-state index < -0.39 is 6.04 Å². The van der Waals surface area contributed by atoms with Gasteiger partial charge in [0.05, 0.1) is 11.7 Å². The van der Waals surface area contributed by atoms with Gasteiger partial charge in [0, 0.05) is 18.5 Å². The molecule has 0 radical (unpaired) electrons. The van der Waals surface area contributed by atoms with Gasteiger partial charge < -0.3 is 11.1 Å². The molecule has 3 unspecified atom stereocenters. The van der Waals surface area contributed by atoms with Gasteiger partial charge in [-0.1, -0.05) is 27.2 Å². The summed E-state index contributed by atoms with van der Waals surface area (Å²) in [6.45, 7) is 9.48. The van der Waals surface area contributed by atoms with Crippen molar-refractivity contribution in [2.45, 2.75) is 52.6 Å². The number of aromatic nitrogens is 1. The Bertz CT molecular complexity index is 496. The maximum Gasteiger partial charge on any atom is 0.243 e. The first-order chi connectivity index (χ1) is 10.5. The van der Waals surface area contributed by atoms with Gasteiger partial charge in [0.2, 0.25) is 5.91 Å². The summed E-state index contributed by atoms with van der Waals surface area (Å²) in [5.74, 6) is 0.802. The van der Waals surface area contributed by atoms with Crippen LogP contribution in [-0.4, -0.2) is 34.9 Å². The van der Waals surface area contributed by atoms with Gasteiger partial charge in [0.1, 0.15) is 0 Å². The van der Waals surface area contributed by atoms with Crippen LogP contribution in [0.5, 0.6) is 0 Å². The molecule has 1 aliphatic heterocycles. The van der Waals surface area contributed by atoms with Crippen molar-refractivity contribution in [3.05, 3.63) is 11.1 Å². The molecule has 23 heavy (non-hydrogen) atoms. The Morgan fingerprint density at radius 2 is 2.35 bits per heavy atom. The van der Waals surface area contributed by atoms with Crippen LogP contribution in [0.25, 0.3) is 0 Å². The lowest BCUT2D eigenvalue weighted by atomic mass is 10.00. The lowest BCUT2D eigenvalue weighted by molar-refractivity contribution is -0.118. The quantitative estimate of drug-likeness (QED) is 0.817. The Kier molecular flexibility index (Phi) is 8.47. The lowest BCUT2D eigenvalue weighted by Gasteiger charge is -2.30. The van der Waals surface area contributed by atoms with Crippen LogP contribution in [0.2, 0.25) is 0 Å². The summed E-state index contributed by atoms with van der Waals surface area (Å²) in [4.78, 5) is 19.0. The molecular formula is C16H29ClN4OS. The van der Waals surface area contributed by atoms with Crippen LogP contribution in [-0.2, 0) is 11.3 Å². The normalized spacial score (nSPS) is 21.3. The number of nitrogens with two attached hydrogens (primary N) is 1. The molecule has 132 valence electrons. The number of nitrogens with zero attached hydrogens (tertiary/aromatic N) is 2. The van der Waals surface area contributed by atoms with E-state index in [0.29, 0.717) is 5.13 Å². The Labute approximate surface area is 149 Å². The largest absolute Gasteiger partial charge is 0.320 e. The van der Waals surface area contributed by atoms with Gasteiger partial charge in [0.25, 0.3) is 0 Å². The molecule has 2 heterocycles. The standard InChI is InChI=1S/C16H28N4OS.ClH/c1-4-12(3)14(17)15(21)19-16-18-13(10-22-16)9-20-7-5-6-11(2)8-20;/h10-12,14H,4-9,17H2,1-3H3,(H,18,19,21);1H. The van der Waals surface area contributed by atoms with Crippen LogP contribution in [0, 0.1) is 11.8 Å². The highest BCUT2D eigenvalue weighted by Crippen LogP contribution is 2.21. The number of anilines is 1. The highest BCUT2D eigenvalue weighted by Gasteiger charge is 2.21. The van der Waals surface area contributed by atoms with E-state index in [0.717, 1.165) is 37.7 Å². The van der Waals surface area contributed by atoms with Gasteiger partial charge >= 0.3 is 0 Å². The summed E-state index contributed by atoms with van der Waals surface area (Å²) in [6.07, 6.45) is 3.48. The van der Waals surface area contributed by atoms with Crippen molar-refractivity contribution in [3.8, 4) is 0 Å². The zero-order chi connectivity index (χ0) is 16.1. The highest BCUT2D eigenvalue weighted by atomic mass is 35.5. The third kappa shape index (κ3) is 6.03. The Balaban J connectivity index is 0.00000264. The molecule has 3 N–H and O–H groups in total. The third-order valence-electron chi connectivity index (χ3n) is 4.47. The zero-order valence-electron chi connectivity index (χ0n) is 14.2. The van der Waals surface area contributed by atoms with E-state index in [1.807, 2.05) is 19.2 Å². The molecule has 5 nitrogen and oxygen atoms in total. The SMILES string of the molecule is CCC(C)C(N)C(=O)Nc1nc(CN2CCCC(C)C2)cs1.Cl. The molecule has 0 bridgehead atoms. The second-order valence-corrected chi connectivity index (χ2v) is 7.39. The molecule has 0 spiro atoms. The highest BCUT2D eigenvalue weighted by molar-refractivity contribution is 7.13. The summed E-state index contributed by atoms with van der Waals surface area (Å²) in [5, 5.41) is 5.54. The smallest absolute Gasteiger partial charge is 0.243 e. The van der Waals surface area contributed by atoms with E-state index >= 15 is 0 Å². The summed E-state index contributed by atoms with van der Waals surface area (Å²) < 4.78 is 0. The first-order valence-corrected chi connectivity index (χ1v) is 9.10. The van der Waals surface area contributed by atoms with Crippen molar-refractivity contribution >= 4 is 34.8 Å². The first-order valence-electron chi connectivity index (χ1n) is 8.22. The second-order valence-electron chi connectivity index (χ2n) is 6.53. The van der Waals surface area contributed by atoms with E-state index in [9.17, 15) is 4.79 Å². The second kappa shape index (κ2) is 9.57. The van der Waals surface area contributed by atoms with Crippen LogP contribution < -0.4 is 11.1 Å². The number of nitrogens with one attached hydrogen (secondary N) is 1. The third-order valence-corrected chi connectivity index (χ3v) is 5.27. The summed E-state index contributed by atoms with van der Waals surface area (Å²) in [5.41, 5.74) is 6.98. The fraction of sp³-hybridized carbons (Fsp3) is 0.750. The number of rotatable bonds is 6. The van der Waals surface area contributed by atoms with Crippen LogP contribution in [0.4, 0.5) is 5.13 Å². The molecule has 1 aromatic rings. The van der Waals surface area contributed by atoms with Gasteiger partial charge in [-0.05, 0) is 31.2 Å². The van der Waals surface area contributed by atoms with Gasteiger partial charge in [-0.25, -0.2) is 4.98 Å². The lowest BCUT2D eigenvalue weighted by Crippen LogP contribution is -2.40. The number of likely N-dealkylation sites (tertiary alicyclic amines) is 1. The van der Waals surface area contributed by atoms with E-state index in [1.54, 1.807) is 0 Å². The summed E-state index contributed by atoms with van der Waals surface area (Å²) >= 11 is 1.48. The van der Waals surface area contributed by atoms with Gasteiger partial charge in [-0.15, -0.1) is 23.7 Å². The van der Waals surface area contributed by atoms with Gasteiger partial charge in [0.15, 0.2) is 5.13 Å². The molecule has 0 aromatic carbocycles. The molecule has 0 aliphatic carbocycles. The van der Waals surface area contributed by atoms with Crippen molar-refractivity contribution in [3.63, 3.8) is 0 Å². The van der Waals surface area contributed by atoms with Crippen molar-refractivity contribution in [2.24, 2.45) is 17.6 Å². The van der Waals surface area contributed by atoms with Gasteiger partial charge in [-0.2, -0.15) is 0 Å². The number of carbonyl (C=O) groups is 1. The number of carbonyl (C=O) groups excluding carboxylic acids is 1. The first kappa shape index (κ1) is 20.4. The average Bonchev–Trinajstić information content (AvgIpc) is 2.92. The maximum absolute atomic E-state index is 12.1. The molecule has 0 saturated carbocycles. The maximum atomic E-state index is 12.1. The Morgan fingerprint density at radius 3 is 3.00 bits per heavy atom. The number of thiazole rings is 1. The predicted octanol–water partition coefficient (Wildman–Crippen LogP) is 3.11. The Morgan fingerprint density at radius 1 is 1.61 bits per heavy atom. The topological polar surface area (TPSA) is 71.2 Å². The van der Waals surface area contributed by atoms with Crippen molar-refractivity contribution < 1.29 is 4.79 Å². The number of halogens is 1. The average molecular weight is 361 g/mol. The number of hydrogen-bond donors (Lipinski definition) is 2. The number of piperidine rings is 1. The zero-order valence-corrected chi connectivity index (χ0v) is 15.9. The molecule has 1 fully saturated rings. The number of hydrogen-bond acceptors (Lipinski definition) is 5.